The fraction of sp³-hybridized carbons (Fsp3) is 0.130. The van der Waals surface area contributed by atoms with Crippen molar-refractivity contribution in [3.05, 3.63) is 75.4 Å². The van der Waals surface area contributed by atoms with Crippen LogP contribution in [0.4, 0.5) is 5.69 Å². The number of nitrogens with zero attached hydrogens (tertiary/aromatic N) is 1. The molecule has 0 aliphatic carbocycles. The van der Waals surface area contributed by atoms with E-state index in [-0.39, 0.29) is 23.0 Å². The Morgan fingerprint density at radius 3 is 2.48 bits per heavy atom. The van der Waals surface area contributed by atoms with Gasteiger partial charge in [0.25, 0.3) is 5.56 Å². The van der Waals surface area contributed by atoms with Crippen LogP contribution >= 0.6 is 23.1 Å². The molecule has 0 bridgehead atoms. The number of aromatic nitrogens is 2. The molecular weight excluding hydrogens is 430 g/mol. The number of thiophene rings is 1. The fourth-order valence-electron chi connectivity index (χ4n) is 3.06. The van der Waals surface area contributed by atoms with Crippen LogP contribution in [0, 0.1) is 6.92 Å². The lowest BCUT2D eigenvalue weighted by Crippen LogP contribution is -2.15. The average Bonchev–Trinajstić information content (AvgIpc) is 3.18. The van der Waals surface area contributed by atoms with Gasteiger partial charge in [0, 0.05) is 22.2 Å². The monoisotopic (exact) mass is 449 g/mol. The van der Waals surface area contributed by atoms with Crippen molar-refractivity contribution in [3.63, 3.8) is 0 Å². The molecule has 1 amide bonds. The van der Waals surface area contributed by atoms with E-state index in [4.69, 9.17) is 0 Å². The van der Waals surface area contributed by atoms with E-state index >= 15 is 0 Å². The third-order valence-electron chi connectivity index (χ3n) is 4.70. The number of carbonyl (C=O) groups is 2. The molecule has 31 heavy (non-hydrogen) atoms. The molecule has 0 saturated carbocycles. The molecule has 0 unspecified atom stereocenters. The number of hydrogen-bond acceptors (Lipinski definition) is 6. The molecule has 2 aromatic heterocycles. The average molecular weight is 450 g/mol. The first-order valence-corrected chi connectivity index (χ1v) is 11.4. The molecule has 0 aliphatic rings. The maximum Gasteiger partial charge on any atom is 0.260 e. The summed E-state index contributed by atoms with van der Waals surface area (Å²) in [5.74, 6) is -0.160. The van der Waals surface area contributed by atoms with Crippen molar-refractivity contribution in [1.82, 2.24) is 9.97 Å². The van der Waals surface area contributed by atoms with Gasteiger partial charge in [-0.15, -0.1) is 11.3 Å². The predicted octanol–water partition coefficient (Wildman–Crippen LogP) is 4.89. The molecule has 0 atom stereocenters. The van der Waals surface area contributed by atoms with Crippen molar-refractivity contribution in [2.45, 2.75) is 19.0 Å². The Hall–Kier alpha value is -3.23. The summed E-state index contributed by atoms with van der Waals surface area (Å²) in [6, 6.07) is 14.7. The van der Waals surface area contributed by atoms with Crippen molar-refractivity contribution < 1.29 is 9.59 Å². The summed E-state index contributed by atoms with van der Waals surface area (Å²) in [5.41, 5.74) is 3.96. The zero-order valence-corrected chi connectivity index (χ0v) is 18.5. The third-order valence-corrected chi connectivity index (χ3v) is 6.45. The summed E-state index contributed by atoms with van der Waals surface area (Å²) in [7, 11) is 0. The van der Waals surface area contributed by atoms with Gasteiger partial charge in [0.2, 0.25) is 5.91 Å². The lowest BCUT2D eigenvalue weighted by Gasteiger charge is -2.06. The number of carbonyl (C=O) groups excluding carboxylic acids is 2. The smallest absolute Gasteiger partial charge is 0.260 e. The molecule has 4 rings (SSSR count). The molecule has 2 heterocycles. The number of nitrogens with one attached hydrogen (secondary N) is 2. The van der Waals surface area contributed by atoms with Gasteiger partial charge >= 0.3 is 0 Å². The Labute approximate surface area is 186 Å². The van der Waals surface area contributed by atoms with Crippen molar-refractivity contribution in [3.8, 4) is 11.1 Å². The van der Waals surface area contributed by atoms with Crippen LogP contribution in [0.25, 0.3) is 21.3 Å². The number of ketones is 1. The number of Topliss-reactive ketones (excluding diaryl/α,β-unsaturated/α-hetero) is 1. The second kappa shape index (κ2) is 8.87. The molecule has 0 aliphatic heterocycles. The molecule has 156 valence electrons. The number of benzene rings is 2. The first-order chi connectivity index (χ1) is 14.9. The number of rotatable bonds is 6. The van der Waals surface area contributed by atoms with Gasteiger partial charge in [-0.3, -0.25) is 14.4 Å². The first kappa shape index (κ1) is 21.0. The topological polar surface area (TPSA) is 91.9 Å². The van der Waals surface area contributed by atoms with Gasteiger partial charge in [0.05, 0.1) is 11.1 Å². The van der Waals surface area contributed by atoms with Crippen molar-refractivity contribution in [2.24, 2.45) is 0 Å². The fourth-order valence-corrected chi connectivity index (χ4v) is 4.73. The second-order valence-corrected chi connectivity index (χ2v) is 8.86. The largest absolute Gasteiger partial charge is 0.325 e. The molecule has 0 spiro atoms. The van der Waals surface area contributed by atoms with Crippen LogP contribution in [0.3, 0.4) is 0 Å². The molecule has 2 aromatic carbocycles. The van der Waals surface area contributed by atoms with Crippen LogP contribution in [0.15, 0.2) is 63.9 Å². The van der Waals surface area contributed by atoms with E-state index in [2.05, 4.69) is 15.3 Å². The molecule has 0 radical (unpaired) electrons. The second-order valence-electron chi connectivity index (χ2n) is 7.04. The third kappa shape index (κ3) is 4.76. The van der Waals surface area contributed by atoms with Gasteiger partial charge in [-0.25, -0.2) is 4.98 Å². The Balaban J connectivity index is 1.46. The predicted molar refractivity (Wildman–Crippen MR) is 126 cm³/mol. The summed E-state index contributed by atoms with van der Waals surface area (Å²) in [4.78, 5) is 44.2. The zero-order valence-electron chi connectivity index (χ0n) is 16.9. The zero-order chi connectivity index (χ0) is 22.0. The lowest BCUT2D eigenvalue weighted by molar-refractivity contribution is -0.113. The summed E-state index contributed by atoms with van der Waals surface area (Å²) in [6.45, 7) is 3.51. The van der Waals surface area contributed by atoms with E-state index in [9.17, 15) is 14.4 Å². The summed E-state index contributed by atoms with van der Waals surface area (Å²) < 4.78 is 0. The molecule has 2 N–H and O–H groups in total. The Morgan fingerprint density at radius 2 is 1.81 bits per heavy atom. The minimum Gasteiger partial charge on any atom is -0.325 e. The van der Waals surface area contributed by atoms with E-state index in [1.165, 1.54) is 30.0 Å². The number of H-pyrrole nitrogens is 1. The highest BCUT2D eigenvalue weighted by atomic mass is 32.2. The summed E-state index contributed by atoms with van der Waals surface area (Å²) >= 11 is 2.57. The van der Waals surface area contributed by atoms with Gasteiger partial charge in [-0.1, -0.05) is 41.6 Å². The maximum atomic E-state index is 12.7. The van der Waals surface area contributed by atoms with Crippen LogP contribution in [-0.2, 0) is 4.79 Å². The Kier molecular flexibility index (Phi) is 6.01. The SMILES string of the molecule is CC(=O)c1ccc(NC(=O)CSc2nc3scc(-c4ccc(C)cc4)c3c(=O)[nH]2)cc1. The highest BCUT2D eigenvalue weighted by molar-refractivity contribution is 7.99. The minimum atomic E-state index is -0.227. The minimum absolute atomic E-state index is 0.0297. The van der Waals surface area contributed by atoms with Crippen LogP contribution in [0.2, 0.25) is 0 Å². The van der Waals surface area contributed by atoms with Crippen molar-refractivity contribution in [2.75, 3.05) is 11.1 Å². The van der Waals surface area contributed by atoms with Crippen LogP contribution < -0.4 is 10.9 Å². The normalized spacial score (nSPS) is 10.9. The molecular formula is C23H19N3O3S2. The highest BCUT2D eigenvalue weighted by Crippen LogP contribution is 2.31. The van der Waals surface area contributed by atoms with Gasteiger partial charge in [-0.05, 0) is 43.7 Å². The van der Waals surface area contributed by atoms with E-state index < -0.39 is 0 Å². The Morgan fingerprint density at radius 1 is 1.10 bits per heavy atom. The van der Waals surface area contributed by atoms with Crippen LogP contribution in [0.1, 0.15) is 22.8 Å². The van der Waals surface area contributed by atoms with Crippen LogP contribution in [-0.4, -0.2) is 27.4 Å². The molecule has 0 fully saturated rings. The number of amides is 1. The van der Waals surface area contributed by atoms with Gasteiger partial charge in [-0.2, -0.15) is 0 Å². The number of aryl methyl sites for hydroxylation is 1. The van der Waals surface area contributed by atoms with E-state index in [0.29, 0.717) is 26.6 Å². The number of aromatic amines is 1. The van der Waals surface area contributed by atoms with Gasteiger partial charge < -0.3 is 10.3 Å². The highest BCUT2D eigenvalue weighted by Gasteiger charge is 2.14. The molecule has 6 nitrogen and oxygen atoms in total. The molecule has 8 heteroatoms. The number of anilines is 1. The van der Waals surface area contributed by atoms with Crippen LogP contribution in [0.5, 0.6) is 0 Å². The van der Waals surface area contributed by atoms with E-state index in [1.807, 2.05) is 36.6 Å². The number of hydrogen-bond donors (Lipinski definition) is 2. The first-order valence-electron chi connectivity index (χ1n) is 9.53. The van der Waals surface area contributed by atoms with Crippen molar-refractivity contribution in [1.29, 1.82) is 0 Å². The molecule has 4 aromatic rings. The van der Waals surface area contributed by atoms with E-state index in [0.717, 1.165) is 16.7 Å². The number of thioether (sulfide) groups is 1. The standard InChI is InChI=1S/C23H19N3O3S2/c1-13-3-5-16(6-4-13)18-11-30-22-20(18)21(29)25-23(26-22)31-12-19(28)24-17-9-7-15(8-10-17)14(2)27/h3-11H,12H2,1-2H3,(H,24,28)(H,25,26,29). The quantitative estimate of drug-likeness (QED) is 0.248. The van der Waals surface area contributed by atoms with Gasteiger partial charge in [0.15, 0.2) is 10.9 Å². The van der Waals surface area contributed by atoms with Crippen molar-refractivity contribution >= 4 is 50.7 Å². The maximum absolute atomic E-state index is 12.7. The number of fused-ring (bicyclic) bond motifs is 1. The summed E-state index contributed by atoms with van der Waals surface area (Å²) in [5, 5.41) is 5.67. The lowest BCUT2D eigenvalue weighted by atomic mass is 10.1. The Bertz CT molecular complexity index is 1320. The molecule has 0 saturated heterocycles. The van der Waals surface area contributed by atoms with E-state index in [1.54, 1.807) is 24.3 Å². The van der Waals surface area contributed by atoms with Gasteiger partial charge in [0.1, 0.15) is 4.83 Å². The summed E-state index contributed by atoms with van der Waals surface area (Å²) in [6.07, 6.45) is 0.